The van der Waals surface area contributed by atoms with Crippen LogP contribution >= 0.6 is 0 Å². The van der Waals surface area contributed by atoms with Crippen molar-refractivity contribution in [2.45, 2.75) is 32.1 Å². The summed E-state index contributed by atoms with van der Waals surface area (Å²) < 4.78 is 5.06. The minimum atomic E-state index is -1.25. The van der Waals surface area contributed by atoms with Gasteiger partial charge in [0.2, 0.25) is 23.6 Å². The Bertz CT molecular complexity index is 1700. The average molecular weight is 651 g/mol. The fourth-order valence-corrected chi connectivity index (χ4v) is 5.46. The summed E-state index contributed by atoms with van der Waals surface area (Å²) in [6.07, 6.45) is 0.822. The first-order chi connectivity index (χ1) is 22.3. The number of aliphatic carboxylic acids is 1. The highest BCUT2D eigenvalue weighted by Gasteiger charge is 2.40. The molecule has 3 aromatic carbocycles. The predicted molar refractivity (Wildman–Crippen MR) is 163 cm³/mol. The molecule has 0 saturated carbocycles. The molecule has 2 aliphatic heterocycles. The number of phenols is 5. The first kappa shape index (κ1) is 34.1. The second kappa shape index (κ2) is 14.5. The van der Waals surface area contributed by atoms with E-state index in [0.29, 0.717) is 28.2 Å². The van der Waals surface area contributed by atoms with E-state index in [1.165, 1.54) is 42.3 Å². The summed E-state index contributed by atoms with van der Waals surface area (Å²) in [7, 11) is 1.45. The van der Waals surface area contributed by atoms with Gasteiger partial charge in [0.15, 0.2) is 11.5 Å². The molecule has 2 unspecified atom stereocenters. The number of rotatable bonds is 10. The number of imide groups is 2. The lowest BCUT2D eigenvalue weighted by molar-refractivity contribution is -0.149. The average Bonchev–Trinajstić information content (AvgIpc) is 3.43. The Labute approximate surface area is 268 Å². The fourth-order valence-electron chi connectivity index (χ4n) is 5.46. The number of benzene rings is 3. The minimum absolute atomic E-state index is 0.0309. The molecule has 2 saturated heterocycles. The lowest BCUT2D eigenvalue weighted by atomic mass is 9.97. The number of amides is 4. The van der Waals surface area contributed by atoms with Crippen LogP contribution in [0.2, 0.25) is 0 Å². The third kappa shape index (κ3) is 8.28. The van der Waals surface area contributed by atoms with Crippen molar-refractivity contribution in [2.24, 2.45) is 11.8 Å². The van der Waals surface area contributed by atoms with Gasteiger partial charge in [-0.2, -0.15) is 0 Å². The van der Waals surface area contributed by atoms with Crippen LogP contribution < -0.4 is 4.74 Å². The maximum absolute atomic E-state index is 12.6. The maximum Gasteiger partial charge on any atom is 0.323 e. The largest absolute Gasteiger partial charge is 0.508 e. The Morgan fingerprint density at radius 3 is 1.72 bits per heavy atom. The van der Waals surface area contributed by atoms with Crippen molar-refractivity contribution in [3.63, 3.8) is 0 Å². The zero-order valence-electron chi connectivity index (χ0n) is 25.3. The van der Waals surface area contributed by atoms with Crippen molar-refractivity contribution >= 4 is 29.6 Å². The molecule has 3 aromatic rings. The van der Waals surface area contributed by atoms with Gasteiger partial charge in [0.25, 0.3) is 0 Å². The molecule has 2 aliphatic rings. The molecule has 2 atom stereocenters. The molecule has 6 N–H and O–H groups in total. The monoisotopic (exact) mass is 650 g/mol. The third-order valence-corrected chi connectivity index (χ3v) is 7.91. The van der Waals surface area contributed by atoms with Gasteiger partial charge >= 0.3 is 5.97 Å². The number of methoxy groups -OCH3 is 1. The number of carboxylic acid groups (broad SMARTS) is 1. The Balaban J connectivity index is 0.000000223. The van der Waals surface area contributed by atoms with Crippen LogP contribution in [0.4, 0.5) is 0 Å². The first-order valence-electron chi connectivity index (χ1n) is 14.5. The predicted octanol–water partition coefficient (Wildman–Crippen LogP) is 2.07. The molecule has 0 radical (unpaired) electrons. The van der Waals surface area contributed by atoms with E-state index in [0.717, 1.165) is 11.6 Å². The number of nitrogens with zero attached hydrogens (tertiary/aromatic N) is 2. The number of aromatic hydroxyl groups is 5. The van der Waals surface area contributed by atoms with Crippen LogP contribution in [0, 0.1) is 11.8 Å². The molecule has 14 nitrogen and oxygen atoms in total. The quantitative estimate of drug-likeness (QED) is 0.174. The zero-order chi connectivity index (χ0) is 34.4. The van der Waals surface area contributed by atoms with Crippen LogP contribution in [0.1, 0.15) is 29.5 Å². The fraction of sp³-hybridized carbons (Fsp3) is 0.303. The Hall–Kier alpha value is -5.79. The normalized spacial score (nSPS) is 17.6. The second-order valence-electron chi connectivity index (χ2n) is 11.2. The topological polar surface area (TPSA) is 222 Å². The van der Waals surface area contributed by atoms with Gasteiger partial charge in [0.1, 0.15) is 29.5 Å². The van der Waals surface area contributed by atoms with Crippen molar-refractivity contribution in [3.05, 3.63) is 71.3 Å². The third-order valence-electron chi connectivity index (χ3n) is 7.91. The molecular formula is C33H34N2O12. The van der Waals surface area contributed by atoms with Gasteiger partial charge in [-0.1, -0.05) is 18.2 Å². The molecule has 2 fully saturated rings. The van der Waals surface area contributed by atoms with Crippen LogP contribution in [0.5, 0.6) is 34.5 Å². The molecule has 47 heavy (non-hydrogen) atoms. The summed E-state index contributed by atoms with van der Waals surface area (Å²) in [5, 5.41) is 56.4. The van der Waals surface area contributed by atoms with E-state index < -0.39 is 36.2 Å². The second-order valence-corrected chi connectivity index (χ2v) is 11.2. The summed E-state index contributed by atoms with van der Waals surface area (Å²) in [4.78, 5) is 61.0. The van der Waals surface area contributed by atoms with Crippen LogP contribution in [-0.2, 0) is 43.2 Å². The van der Waals surface area contributed by atoms with Crippen LogP contribution in [0.3, 0.4) is 0 Å². The van der Waals surface area contributed by atoms with Gasteiger partial charge in [-0.25, -0.2) is 0 Å². The van der Waals surface area contributed by atoms with Crippen molar-refractivity contribution < 1.29 is 59.3 Å². The van der Waals surface area contributed by atoms with Crippen molar-refractivity contribution in [1.29, 1.82) is 0 Å². The van der Waals surface area contributed by atoms with Crippen LogP contribution in [-0.4, -0.2) is 90.2 Å². The maximum atomic E-state index is 12.6. The van der Waals surface area contributed by atoms with Gasteiger partial charge < -0.3 is 35.4 Å². The highest BCUT2D eigenvalue weighted by atomic mass is 16.5. The highest BCUT2D eigenvalue weighted by molar-refractivity contribution is 6.05. The molecule has 0 aromatic heterocycles. The summed E-state index contributed by atoms with van der Waals surface area (Å²) in [5.41, 5.74) is 1.78. The number of hydrogen-bond donors (Lipinski definition) is 6. The summed E-state index contributed by atoms with van der Waals surface area (Å²) in [5.74, 6) is -4.09. The molecule has 5 rings (SSSR count). The van der Waals surface area contributed by atoms with E-state index in [1.807, 2.05) is 0 Å². The molecular weight excluding hydrogens is 616 g/mol. The van der Waals surface area contributed by atoms with E-state index in [-0.39, 0.29) is 72.8 Å². The number of carbonyl (C=O) groups excluding carboxylic acids is 4. The van der Waals surface area contributed by atoms with Crippen molar-refractivity contribution in [2.75, 3.05) is 20.2 Å². The number of phenolic OH excluding ortho intramolecular Hbond substituents is 5. The smallest absolute Gasteiger partial charge is 0.323 e. The molecule has 14 heteroatoms. The SMILES string of the molecule is COc1cc(CCN2C(=O)CC(Cc3ccc(O)cc3O)C2=O)ccc1O.O=C(O)CN1C(=O)CC(Cc2ccc(O)cc2O)C1=O. The highest BCUT2D eigenvalue weighted by Crippen LogP contribution is 2.32. The lowest BCUT2D eigenvalue weighted by Gasteiger charge is -2.16. The van der Waals surface area contributed by atoms with Gasteiger partial charge in [-0.05, 0) is 60.2 Å². The number of hydrogen-bond acceptors (Lipinski definition) is 11. The summed E-state index contributed by atoms with van der Waals surface area (Å²) in [6.45, 7) is -0.403. The molecule has 0 spiro atoms. The lowest BCUT2D eigenvalue weighted by Crippen LogP contribution is -2.35. The number of likely N-dealkylation sites (tertiary alicyclic amines) is 2. The minimum Gasteiger partial charge on any atom is -0.508 e. The van der Waals surface area contributed by atoms with E-state index in [2.05, 4.69) is 0 Å². The number of carbonyl (C=O) groups is 5. The van der Waals surface area contributed by atoms with E-state index in [1.54, 1.807) is 18.2 Å². The molecule has 2 heterocycles. The molecule has 248 valence electrons. The first-order valence-corrected chi connectivity index (χ1v) is 14.5. The van der Waals surface area contributed by atoms with Gasteiger partial charge in [0, 0.05) is 31.5 Å². The number of ether oxygens (including phenoxy) is 1. The zero-order valence-corrected chi connectivity index (χ0v) is 25.3. The van der Waals surface area contributed by atoms with Gasteiger partial charge in [-0.3, -0.25) is 33.8 Å². The van der Waals surface area contributed by atoms with Crippen LogP contribution in [0.25, 0.3) is 0 Å². The van der Waals surface area contributed by atoms with Crippen molar-refractivity contribution in [3.8, 4) is 34.5 Å². The summed E-state index contributed by atoms with van der Waals surface area (Å²) in [6, 6.07) is 13.1. The molecule has 0 aliphatic carbocycles. The van der Waals surface area contributed by atoms with E-state index in [9.17, 15) is 49.5 Å². The van der Waals surface area contributed by atoms with Crippen LogP contribution in [0.15, 0.2) is 54.6 Å². The summed E-state index contributed by atoms with van der Waals surface area (Å²) >= 11 is 0. The molecule has 0 bridgehead atoms. The van der Waals surface area contributed by atoms with E-state index >= 15 is 0 Å². The Morgan fingerprint density at radius 2 is 1.23 bits per heavy atom. The molecule has 4 amide bonds. The standard InChI is InChI=1S/C20H21NO6.C13H13NO6/c1-27-18-8-12(2-5-16(18)23)6-7-21-19(25)10-14(20(21)26)9-13-3-4-15(22)11-17(13)24;15-9-2-1-7(10(16)5-9)3-8-4-11(17)14(13(8)20)6-12(18)19/h2-5,8,11,14,22-24H,6-7,9-10H2,1H3;1-2,5,8,15-16H,3-4,6H2,(H,18,19). The number of carboxylic acids is 1. The Morgan fingerprint density at radius 1 is 0.723 bits per heavy atom. The van der Waals surface area contributed by atoms with Gasteiger partial charge in [-0.15, -0.1) is 0 Å². The van der Waals surface area contributed by atoms with Crippen molar-refractivity contribution in [1.82, 2.24) is 9.80 Å². The van der Waals surface area contributed by atoms with E-state index in [4.69, 9.17) is 9.84 Å². The Kier molecular flexibility index (Phi) is 10.5. The van der Waals surface area contributed by atoms with Gasteiger partial charge in [0.05, 0.1) is 18.9 Å².